The standard InChI is InChI=1S/C24H30O2Se/c1-7-26-22(25)17-8-10-18(11-9-17)27-21-15-20-19(14-16(21)2)23(3,4)12-13-24(20,5)6/h8-11,14-15H,7,12-13H2,1-6H3. The summed E-state index contributed by atoms with van der Waals surface area (Å²) >= 11 is 0.226. The van der Waals surface area contributed by atoms with E-state index in [-0.39, 0.29) is 31.8 Å². The van der Waals surface area contributed by atoms with Gasteiger partial charge < -0.3 is 0 Å². The molecular formula is C24H30O2Se. The molecule has 1 aliphatic rings. The molecule has 0 N–H and O–H groups in total. The summed E-state index contributed by atoms with van der Waals surface area (Å²) in [4.78, 5) is 11.8. The van der Waals surface area contributed by atoms with E-state index in [1.807, 2.05) is 19.1 Å². The molecule has 27 heavy (non-hydrogen) atoms. The van der Waals surface area contributed by atoms with E-state index in [9.17, 15) is 4.79 Å². The molecule has 0 amide bonds. The Labute approximate surface area is 169 Å². The molecule has 2 nitrogen and oxygen atoms in total. The minimum absolute atomic E-state index is 0.226. The zero-order valence-electron chi connectivity index (χ0n) is 17.3. The van der Waals surface area contributed by atoms with Crippen LogP contribution in [0.5, 0.6) is 0 Å². The van der Waals surface area contributed by atoms with Gasteiger partial charge >= 0.3 is 170 Å². The molecule has 0 aromatic heterocycles. The summed E-state index contributed by atoms with van der Waals surface area (Å²) < 4.78 is 7.80. The van der Waals surface area contributed by atoms with Crippen LogP contribution in [0.4, 0.5) is 0 Å². The molecule has 2 aromatic carbocycles. The first-order chi connectivity index (χ1) is 12.6. The number of carbonyl (C=O) groups excluding carboxylic acids is 1. The van der Waals surface area contributed by atoms with Gasteiger partial charge in [-0.2, -0.15) is 0 Å². The second kappa shape index (κ2) is 7.45. The molecule has 0 heterocycles. The maximum atomic E-state index is 11.8. The van der Waals surface area contributed by atoms with Gasteiger partial charge in [-0.1, -0.05) is 0 Å². The Morgan fingerprint density at radius 2 is 1.56 bits per heavy atom. The Balaban J connectivity index is 1.91. The van der Waals surface area contributed by atoms with E-state index >= 15 is 0 Å². The third-order valence-electron chi connectivity index (χ3n) is 5.74. The average molecular weight is 429 g/mol. The molecule has 3 rings (SSSR count). The predicted octanol–water partition coefficient (Wildman–Crippen LogP) is 4.18. The Bertz CT molecular complexity index is 847. The number of esters is 1. The number of carbonyl (C=O) groups is 1. The van der Waals surface area contributed by atoms with E-state index in [2.05, 4.69) is 58.9 Å². The van der Waals surface area contributed by atoms with Crippen molar-refractivity contribution in [2.24, 2.45) is 0 Å². The molecule has 0 aliphatic heterocycles. The van der Waals surface area contributed by atoms with Crippen LogP contribution in [0.15, 0.2) is 36.4 Å². The predicted molar refractivity (Wildman–Crippen MR) is 114 cm³/mol. The molecule has 0 spiro atoms. The zero-order chi connectivity index (χ0) is 19.8. The van der Waals surface area contributed by atoms with Crippen LogP contribution in [0.1, 0.15) is 74.5 Å². The Morgan fingerprint density at radius 3 is 2.11 bits per heavy atom. The van der Waals surface area contributed by atoms with Crippen molar-refractivity contribution in [2.45, 2.75) is 65.2 Å². The molecule has 0 fully saturated rings. The number of fused-ring (bicyclic) bond motifs is 1. The molecule has 0 atom stereocenters. The number of benzene rings is 2. The second-order valence-corrected chi connectivity index (χ2v) is 11.1. The van der Waals surface area contributed by atoms with E-state index in [1.54, 1.807) is 0 Å². The molecule has 2 aromatic rings. The third kappa shape index (κ3) is 4.15. The summed E-state index contributed by atoms with van der Waals surface area (Å²) in [5.41, 5.74) is 5.54. The molecule has 0 saturated carbocycles. The Hall–Kier alpha value is -1.57. The summed E-state index contributed by atoms with van der Waals surface area (Å²) in [6.07, 6.45) is 2.48. The van der Waals surface area contributed by atoms with Crippen molar-refractivity contribution in [2.75, 3.05) is 6.61 Å². The number of aryl methyl sites for hydroxylation is 1. The summed E-state index contributed by atoms with van der Waals surface area (Å²) in [6, 6.07) is 12.8. The van der Waals surface area contributed by atoms with Crippen LogP contribution in [-0.2, 0) is 15.6 Å². The van der Waals surface area contributed by atoms with Gasteiger partial charge in [-0.05, 0) is 0 Å². The number of hydrogen-bond acceptors (Lipinski definition) is 2. The van der Waals surface area contributed by atoms with Gasteiger partial charge in [0.2, 0.25) is 0 Å². The van der Waals surface area contributed by atoms with Crippen LogP contribution in [0.25, 0.3) is 0 Å². The van der Waals surface area contributed by atoms with Crippen LogP contribution in [0, 0.1) is 6.92 Å². The van der Waals surface area contributed by atoms with E-state index in [0.29, 0.717) is 12.2 Å². The quantitative estimate of drug-likeness (QED) is 0.539. The number of rotatable bonds is 4. The SMILES string of the molecule is CCOC(=O)c1ccc([Se]c2cc3c(cc2C)C(C)(C)CCC3(C)C)cc1. The van der Waals surface area contributed by atoms with Crippen molar-refractivity contribution < 1.29 is 9.53 Å². The van der Waals surface area contributed by atoms with Gasteiger partial charge in [0.1, 0.15) is 0 Å². The molecule has 1 aliphatic carbocycles. The molecule has 0 radical (unpaired) electrons. The summed E-state index contributed by atoms with van der Waals surface area (Å²) in [6.45, 7) is 14.0. The molecule has 3 heteroatoms. The zero-order valence-corrected chi connectivity index (χ0v) is 19.0. The molecule has 0 bridgehead atoms. The first kappa shape index (κ1) is 20.2. The van der Waals surface area contributed by atoms with Gasteiger partial charge in [0.05, 0.1) is 0 Å². The first-order valence-corrected chi connectivity index (χ1v) is 11.5. The third-order valence-corrected chi connectivity index (χ3v) is 8.19. The van der Waals surface area contributed by atoms with E-state index in [4.69, 9.17) is 4.74 Å². The summed E-state index contributed by atoms with van der Waals surface area (Å²) in [7, 11) is 0. The van der Waals surface area contributed by atoms with Gasteiger partial charge in [0.25, 0.3) is 0 Å². The first-order valence-electron chi connectivity index (χ1n) is 9.75. The van der Waals surface area contributed by atoms with E-state index in [0.717, 1.165) is 0 Å². The van der Waals surface area contributed by atoms with Gasteiger partial charge in [0.15, 0.2) is 0 Å². The molecule has 0 unspecified atom stereocenters. The van der Waals surface area contributed by atoms with Crippen LogP contribution < -0.4 is 8.92 Å². The van der Waals surface area contributed by atoms with Gasteiger partial charge in [-0.25, -0.2) is 0 Å². The van der Waals surface area contributed by atoms with Crippen molar-refractivity contribution >= 4 is 29.8 Å². The van der Waals surface area contributed by atoms with Gasteiger partial charge in [-0.15, -0.1) is 0 Å². The minimum atomic E-state index is -0.245. The van der Waals surface area contributed by atoms with E-state index < -0.39 is 0 Å². The normalized spacial score (nSPS) is 17.3. The Morgan fingerprint density at radius 1 is 1.00 bits per heavy atom. The fourth-order valence-corrected chi connectivity index (χ4v) is 5.75. The van der Waals surface area contributed by atoms with Crippen LogP contribution in [0.3, 0.4) is 0 Å². The van der Waals surface area contributed by atoms with Crippen molar-refractivity contribution in [1.29, 1.82) is 0 Å². The average Bonchev–Trinajstić information content (AvgIpc) is 2.61. The molecular weight excluding hydrogens is 399 g/mol. The van der Waals surface area contributed by atoms with Crippen LogP contribution in [-0.4, -0.2) is 27.5 Å². The van der Waals surface area contributed by atoms with E-state index in [1.165, 1.54) is 38.5 Å². The topological polar surface area (TPSA) is 26.3 Å². The second-order valence-electron chi connectivity index (χ2n) is 8.78. The van der Waals surface area contributed by atoms with Crippen molar-refractivity contribution in [3.63, 3.8) is 0 Å². The summed E-state index contributed by atoms with van der Waals surface area (Å²) in [5, 5.41) is 0. The Kier molecular flexibility index (Phi) is 5.57. The number of ether oxygens (including phenoxy) is 1. The van der Waals surface area contributed by atoms with Crippen molar-refractivity contribution in [1.82, 2.24) is 0 Å². The number of hydrogen-bond donors (Lipinski definition) is 0. The monoisotopic (exact) mass is 430 g/mol. The summed E-state index contributed by atoms with van der Waals surface area (Å²) in [5.74, 6) is -0.245. The van der Waals surface area contributed by atoms with Gasteiger partial charge in [-0.3, -0.25) is 0 Å². The van der Waals surface area contributed by atoms with Crippen molar-refractivity contribution in [3.8, 4) is 0 Å². The maximum absolute atomic E-state index is 11.8. The fourth-order valence-electron chi connectivity index (χ4n) is 3.81. The fraction of sp³-hybridized carbons (Fsp3) is 0.458. The molecule has 144 valence electrons. The van der Waals surface area contributed by atoms with Crippen LogP contribution in [0.2, 0.25) is 0 Å². The van der Waals surface area contributed by atoms with Gasteiger partial charge in [0, 0.05) is 0 Å². The van der Waals surface area contributed by atoms with Crippen molar-refractivity contribution in [3.05, 3.63) is 58.7 Å². The van der Waals surface area contributed by atoms with Crippen LogP contribution >= 0.6 is 0 Å². The molecule has 0 saturated heterocycles.